The maximum atomic E-state index is 5.27. The first-order valence-corrected chi connectivity index (χ1v) is 3.62. The molecule has 9 heavy (non-hydrogen) atoms. The summed E-state index contributed by atoms with van der Waals surface area (Å²) in [5, 5.41) is 0. The molecule has 0 saturated carbocycles. The Balaban J connectivity index is 2.40. The van der Waals surface area contributed by atoms with Crippen LogP contribution in [-0.4, -0.2) is 13.2 Å². The summed E-state index contributed by atoms with van der Waals surface area (Å²) in [6.45, 7) is 10.3. The molecular formula is C8H15O. The maximum Gasteiger partial charge on any atom is 0.0500 e. The van der Waals surface area contributed by atoms with E-state index >= 15 is 0 Å². The van der Waals surface area contributed by atoms with E-state index in [-0.39, 0.29) is 0 Å². The summed E-state index contributed by atoms with van der Waals surface area (Å²) in [5.41, 5.74) is 0. The van der Waals surface area contributed by atoms with Crippen molar-refractivity contribution in [3.8, 4) is 0 Å². The molecule has 0 N–H and O–H groups in total. The van der Waals surface area contributed by atoms with Crippen molar-refractivity contribution in [2.75, 3.05) is 13.2 Å². The fourth-order valence-electron chi connectivity index (χ4n) is 1.35. The lowest BCUT2D eigenvalue weighted by Gasteiger charge is -2.16. The predicted molar refractivity (Wildman–Crippen MR) is 38.0 cm³/mol. The quantitative estimate of drug-likeness (QED) is 0.521. The molecule has 0 bridgehead atoms. The summed E-state index contributed by atoms with van der Waals surface area (Å²) < 4.78 is 5.27. The molecule has 1 heteroatoms. The SMILES string of the molecule is [CH2]C1COCC1C(C)C. The average Bonchev–Trinajstić information content (AvgIpc) is 2.13. The molecule has 0 spiro atoms. The minimum Gasteiger partial charge on any atom is -0.381 e. The molecule has 53 valence electrons. The van der Waals surface area contributed by atoms with E-state index in [9.17, 15) is 0 Å². The molecular weight excluding hydrogens is 112 g/mol. The second-order valence-corrected chi connectivity index (χ2v) is 3.21. The summed E-state index contributed by atoms with van der Waals surface area (Å²) >= 11 is 0. The molecule has 2 unspecified atom stereocenters. The van der Waals surface area contributed by atoms with Gasteiger partial charge in [-0.05, 0) is 24.7 Å². The van der Waals surface area contributed by atoms with Crippen LogP contribution in [0, 0.1) is 24.7 Å². The molecule has 1 heterocycles. The van der Waals surface area contributed by atoms with Crippen LogP contribution in [0.15, 0.2) is 0 Å². The van der Waals surface area contributed by atoms with Crippen LogP contribution in [0.3, 0.4) is 0 Å². The Kier molecular flexibility index (Phi) is 2.12. The van der Waals surface area contributed by atoms with Crippen LogP contribution in [-0.2, 0) is 4.74 Å². The monoisotopic (exact) mass is 127 g/mol. The highest BCUT2D eigenvalue weighted by Crippen LogP contribution is 2.26. The molecule has 1 radical (unpaired) electrons. The average molecular weight is 127 g/mol. The minimum absolute atomic E-state index is 0.532. The number of hydrogen-bond acceptors (Lipinski definition) is 1. The van der Waals surface area contributed by atoms with E-state index in [0.29, 0.717) is 11.8 Å². The van der Waals surface area contributed by atoms with Crippen molar-refractivity contribution in [2.45, 2.75) is 13.8 Å². The van der Waals surface area contributed by atoms with Gasteiger partial charge in [0.05, 0.1) is 0 Å². The molecule has 0 aliphatic carbocycles. The first kappa shape index (κ1) is 7.07. The van der Waals surface area contributed by atoms with Gasteiger partial charge in [-0.25, -0.2) is 0 Å². The van der Waals surface area contributed by atoms with E-state index < -0.39 is 0 Å². The van der Waals surface area contributed by atoms with Crippen LogP contribution in [0.25, 0.3) is 0 Å². The first-order valence-electron chi connectivity index (χ1n) is 3.62. The van der Waals surface area contributed by atoms with Gasteiger partial charge >= 0.3 is 0 Å². The number of ether oxygens (including phenoxy) is 1. The lowest BCUT2D eigenvalue weighted by molar-refractivity contribution is 0.176. The highest BCUT2D eigenvalue weighted by Gasteiger charge is 2.26. The predicted octanol–water partition coefficient (Wildman–Crippen LogP) is 1.74. The van der Waals surface area contributed by atoms with Crippen molar-refractivity contribution >= 4 is 0 Å². The fraction of sp³-hybridized carbons (Fsp3) is 0.875. The Morgan fingerprint density at radius 2 is 2.11 bits per heavy atom. The molecule has 0 amide bonds. The van der Waals surface area contributed by atoms with Gasteiger partial charge in [0.2, 0.25) is 0 Å². The summed E-state index contributed by atoms with van der Waals surface area (Å²) in [6.07, 6.45) is 0. The zero-order chi connectivity index (χ0) is 6.85. The van der Waals surface area contributed by atoms with Gasteiger partial charge in [-0.2, -0.15) is 0 Å². The summed E-state index contributed by atoms with van der Waals surface area (Å²) in [6, 6.07) is 0. The third kappa shape index (κ3) is 1.45. The molecule has 1 aliphatic rings. The molecule has 1 rings (SSSR count). The third-order valence-corrected chi connectivity index (χ3v) is 2.10. The van der Waals surface area contributed by atoms with E-state index in [1.165, 1.54) is 0 Å². The van der Waals surface area contributed by atoms with Crippen LogP contribution >= 0.6 is 0 Å². The second kappa shape index (κ2) is 2.70. The zero-order valence-corrected chi connectivity index (χ0v) is 6.26. The first-order chi connectivity index (χ1) is 4.22. The van der Waals surface area contributed by atoms with E-state index in [2.05, 4.69) is 20.8 Å². The van der Waals surface area contributed by atoms with E-state index in [1.807, 2.05) is 0 Å². The molecule has 0 aromatic carbocycles. The minimum atomic E-state index is 0.532. The zero-order valence-electron chi connectivity index (χ0n) is 6.26. The third-order valence-electron chi connectivity index (χ3n) is 2.10. The van der Waals surface area contributed by atoms with Gasteiger partial charge in [0.15, 0.2) is 0 Å². The van der Waals surface area contributed by atoms with Crippen molar-refractivity contribution < 1.29 is 4.74 Å². The van der Waals surface area contributed by atoms with Gasteiger partial charge in [-0.3, -0.25) is 0 Å². The highest BCUT2D eigenvalue weighted by atomic mass is 16.5. The number of rotatable bonds is 1. The Hall–Kier alpha value is -0.0400. The largest absolute Gasteiger partial charge is 0.381 e. The van der Waals surface area contributed by atoms with E-state index in [0.717, 1.165) is 19.1 Å². The normalized spacial score (nSPS) is 36.0. The topological polar surface area (TPSA) is 9.23 Å². The Bertz CT molecular complexity index is 88.6. The van der Waals surface area contributed by atoms with Crippen LogP contribution in [0.4, 0.5) is 0 Å². The van der Waals surface area contributed by atoms with E-state index in [1.54, 1.807) is 0 Å². The lowest BCUT2D eigenvalue weighted by Crippen LogP contribution is -2.15. The summed E-state index contributed by atoms with van der Waals surface area (Å²) in [4.78, 5) is 0. The smallest absolute Gasteiger partial charge is 0.0500 e. The van der Waals surface area contributed by atoms with Crippen molar-refractivity contribution in [3.05, 3.63) is 6.92 Å². The second-order valence-electron chi connectivity index (χ2n) is 3.21. The Labute approximate surface area is 57.4 Å². The highest BCUT2D eigenvalue weighted by molar-refractivity contribution is 4.78. The summed E-state index contributed by atoms with van der Waals surface area (Å²) in [5.74, 6) is 1.96. The van der Waals surface area contributed by atoms with Gasteiger partial charge in [-0.1, -0.05) is 13.8 Å². The standard InChI is InChI=1S/C8H15O/c1-6(2)8-5-9-4-7(8)3/h6-8H,3-5H2,1-2H3. The van der Waals surface area contributed by atoms with Gasteiger partial charge in [0.1, 0.15) is 0 Å². The van der Waals surface area contributed by atoms with Gasteiger partial charge < -0.3 is 4.74 Å². The Morgan fingerprint density at radius 3 is 2.33 bits per heavy atom. The van der Waals surface area contributed by atoms with Crippen molar-refractivity contribution in [2.24, 2.45) is 17.8 Å². The molecule has 1 aliphatic heterocycles. The van der Waals surface area contributed by atoms with Crippen LogP contribution < -0.4 is 0 Å². The molecule has 2 atom stereocenters. The van der Waals surface area contributed by atoms with Gasteiger partial charge in [-0.15, -0.1) is 0 Å². The van der Waals surface area contributed by atoms with E-state index in [4.69, 9.17) is 4.74 Å². The maximum absolute atomic E-state index is 5.27. The molecule has 1 saturated heterocycles. The van der Waals surface area contributed by atoms with Gasteiger partial charge in [0.25, 0.3) is 0 Å². The van der Waals surface area contributed by atoms with Gasteiger partial charge in [0, 0.05) is 13.2 Å². The molecule has 1 fully saturated rings. The van der Waals surface area contributed by atoms with Crippen molar-refractivity contribution in [1.82, 2.24) is 0 Å². The van der Waals surface area contributed by atoms with Crippen molar-refractivity contribution in [1.29, 1.82) is 0 Å². The fourth-order valence-corrected chi connectivity index (χ4v) is 1.35. The van der Waals surface area contributed by atoms with Crippen molar-refractivity contribution in [3.63, 3.8) is 0 Å². The van der Waals surface area contributed by atoms with Crippen LogP contribution in [0.5, 0.6) is 0 Å². The van der Waals surface area contributed by atoms with Crippen LogP contribution in [0.1, 0.15) is 13.8 Å². The van der Waals surface area contributed by atoms with Crippen LogP contribution in [0.2, 0.25) is 0 Å². The number of hydrogen-bond donors (Lipinski definition) is 0. The Morgan fingerprint density at radius 1 is 1.44 bits per heavy atom. The molecule has 0 aromatic heterocycles. The molecule has 0 aromatic rings. The summed E-state index contributed by atoms with van der Waals surface area (Å²) in [7, 11) is 0. The lowest BCUT2D eigenvalue weighted by atomic mass is 9.88. The molecule has 1 nitrogen and oxygen atoms in total.